The zero-order valence-corrected chi connectivity index (χ0v) is 15.8. The van der Waals surface area contributed by atoms with Crippen LogP contribution in [0.3, 0.4) is 0 Å². The Balaban J connectivity index is 2.10. The van der Waals surface area contributed by atoms with Crippen molar-refractivity contribution in [3.05, 3.63) is 63.7 Å². The van der Waals surface area contributed by atoms with Crippen molar-refractivity contribution < 1.29 is 9.53 Å². The summed E-state index contributed by atoms with van der Waals surface area (Å²) in [5, 5.41) is 0.659. The van der Waals surface area contributed by atoms with E-state index >= 15 is 0 Å². The second-order valence-electron chi connectivity index (χ2n) is 5.97. The molecule has 0 aliphatic heterocycles. The molecule has 5 heteroatoms. The van der Waals surface area contributed by atoms with Gasteiger partial charge in [0, 0.05) is 18.6 Å². The lowest BCUT2D eigenvalue weighted by molar-refractivity contribution is 0.0472. The van der Waals surface area contributed by atoms with Crippen LogP contribution >= 0.6 is 11.6 Å². The summed E-state index contributed by atoms with van der Waals surface area (Å²) < 4.78 is 5.42. The van der Waals surface area contributed by atoms with Gasteiger partial charge >= 0.3 is 5.97 Å². The quantitative estimate of drug-likeness (QED) is 0.418. The smallest absolute Gasteiger partial charge is 0.338 e. The summed E-state index contributed by atoms with van der Waals surface area (Å²) in [6, 6.07) is 11.0. The molecule has 2 rings (SSSR count). The minimum Gasteiger partial charge on any atom is -0.457 e. The number of hydrogen-bond donors (Lipinski definition) is 0. The second kappa shape index (κ2) is 8.67. The van der Waals surface area contributed by atoms with Crippen molar-refractivity contribution in [2.24, 2.45) is 4.99 Å². The number of aryl methyl sites for hydroxylation is 2. The molecule has 0 atom stereocenters. The molecule has 2 aromatic rings. The van der Waals surface area contributed by atoms with Crippen molar-refractivity contribution in [1.82, 2.24) is 4.90 Å². The van der Waals surface area contributed by atoms with E-state index in [-0.39, 0.29) is 12.6 Å². The molecule has 0 radical (unpaired) electrons. The topological polar surface area (TPSA) is 41.9 Å². The van der Waals surface area contributed by atoms with E-state index in [1.165, 1.54) is 0 Å². The highest BCUT2D eigenvalue weighted by Crippen LogP contribution is 2.24. The number of rotatable bonds is 6. The minimum absolute atomic E-state index is 0.218. The molecule has 132 valence electrons. The standard InChI is InChI=1S/C20H23ClN2O2/c1-5-23(4)13-22-19-11-14(2)18(10-15(19)3)20(24)25-12-16-6-8-17(21)9-7-16/h6-11,13H,5,12H2,1-4H3/b22-13+. The molecule has 0 saturated heterocycles. The van der Waals surface area contributed by atoms with Gasteiger partial charge in [-0.25, -0.2) is 9.79 Å². The fourth-order valence-electron chi connectivity index (χ4n) is 2.21. The van der Waals surface area contributed by atoms with Gasteiger partial charge in [-0.15, -0.1) is 0 Å². The molecule has 0 spiro atoms. The van der Waals surface area contributed by atoms with Crippen molar-refractivity contribution in [2.75, 3.05) is 13.6 Å². The molecule has 0 N–H and O–H groups in total. The third-order valence-corrected chi connectivity index (χ3v) is 4.19. The average Bonchev–Trinajstić information content (AvgIpc) is 2.61. The van der Waals surface area contributed by atoms with Crippen LogP contribution < -0.4 is 0 Å². The summed E-state index contributed by atoms with van der Waals surface area (Å²) in [5.41, 5.74) is 4.10. The maximum absolute atomic E-state index is 12.4. The Hall–Kier alpha value is -2.33. The van der Waals surface area contributed by atoms with Gasteiger partial charge in [-0.2, -0.15) is 0 Å². The zero-order valence-electron chi connectivity index (χ0n) is 15.0. The summed E-state index contributed by atoms with van der Waals surface area (Å²) >= 11 is 5.86. The SMILES string of the molecule is CCN(C)/C=N/c1cc(C)c(C(=O)OCc2ccc(Cl)cc2)cc1C. The fourth-order valence-corrected chi connectivity index (χ4v) is 2.34. The van der Waals surface area contributed by atoms with E-state index < -0.39 is 0 Å². The third-order valence-electron chi connectivity index (χ3n) is 3.94. The van der Waals surface area contributed by atoms with Crippen LogP contribution in [0.2, 0.25) is 5.02 Å². The van der Waals surface area contributed by atoms with E-state index in [2.05, 4.69) is 11.9 Å². The van der Waals surface area contributed by atoms with Gasteiger partial charge in [-0.3, -0.25) is 0 Å². The van der Waals surface area contributed by atoms with Gasteiger partial charge in [0.05, 0.1) is 17.6 Å². The lowest BCUT2D eigenvalue weighted by Crippen LogP contribution is -2.14. The van der Waals surface area contributed by atoms with E-state index in [4.69, 9.17) is 16.3 Å². The van der Waals surface area contributed by atoms with E-state index in [1.807, 2.05) is 50.1 Å². The van der Waals surface area contributed by atoms with Crippen LogP contribution in [0.5, 0.6) is 0 Å². The molecule has 0 unspecified atom stereocenters. The fraction of sp³-hybridized carbons (Fsp3) is 0.300. The van der Waals surface area contributed by atoms with Crippen molar-refractivity contribution in [2.45, 2.75) is 27.4 Å². The Morgan fingerprint density at radius 2 is 1.88 bits per heavy atom. The number of aliphatic imine (C=N–C) groups is 1. The van der Waals surface area contributed by atoms with Gasteiger partial charge in [-0.1, -0.05) is 23.7 Å². The number of ether oxygens (including phenoxy) is 1. The summed E-state index contributed by atoms with van der Waals surface area (Å²) in [5.74, 6) is -0.336. The molecule has 0 aliphatic carbocycles. The highest BCUT2D eigenvalue weighted by atomic mass is 35.5. The first-order valence-corrected chi connectivity index (χ1v) is 8.55. The van der Waals surface area contributed by atoms with Crippen LogP contribution in [-0.2, 0) is 11.3 Å². The molecule has 0 saturated carbocycles. The maximum atomic E-state index is 12.4. The monoisotopic (exact) mass is 358 g/mol. The molecular weight excluding hydrogens is 336 g/mol. The molecular formula is C20H23ClN2O2. The summed E-state index contributed by atoms with van der Waals surface area (Å²) in [6.07, 6.45) is 1.79. The van der Waals surface area contributed by atoms with Crippen LogP contribution in [0.1, 0.15) is 34.0 Å². The van der Waals surface area contributed by atoms with Crippen LogP contribution in [-0.4, -0.2) is 30.8 Å². The molecule has 0 amide bonds. The van der Waals surface area contributed by atoms with Crippen molar-refractivity contribution in [1.29, 1.82) is 0 Å². The van der Waals surface area contributed by atoms with Crippen LogP contribution in [0.4, 0.5) is 5.69 Å². The first-order valence-electron chi connectivity index (χ1n) is 8.18. The molecule has 0 aromatic heterocycles. The normalized spacial score (nSPS) is 10.9. The number of carbonyl (C=O) groups excluding carboxylic acids is 1. The average molecular weight is 359 g/mol. The van der Waals surface area contributed by atoms with Crippen molar-refractivity contribution in [3.63, 3.8) is 0 Å². The van der Waals surface area contributed by atoms with Crippen LogP contribution in [0.25, 0.3) is 0 Å². The van der Waals surface area contributed by atoms with Crippen molar-refractivity contribution in [3.8, 4) is 0 Å². The Labute approximate surface area is 154 Å². The highest BCUT2D eigenvalue weighted by molar-refractivity contribution is 6.30. The lowest BCUT2D eigenvalue weighted by Gasteiger charge is -2.12. The Morgan fingerprint density at radius 3 is 2.52 bits per heavy atom. The number of halogens is 1. The van der Waals surface area contributed by atoms with E-state index in [1.54, 1.807) is 18.5 Å². The number of benzene rings is 2. The van der Waals surface area contributed by atoms with Gasteiger partial charge < -0.3 is 9.64 Å². The maximum Gasteiger partial charge on any atom is 0.338 e. The van der Waals surface area contributed by atoms with Crippen LogP contribution in [0.15, 0.2) is 41.4 Å². The number of nitrogens with zero attached hydrogens (tertiary/aromatic N) is 2. The summed E-state index contributed by atoms with van der Waals surface area (Å²) in [6.45, 7) is 6.99. The van der Waals surface area contributed by atoms with E-state index in [0.717, 1.165) is 28.9 Å². The number of esters is 1. The molecule has 4 nitrogen and oxygen atoms in total. The first-order chi connectivity index (χ1) is 11.9. The van der Waals surface area contributed by atoms with Gasteiger partial charge in [0.2, 0.25) is 0 Å². The number of hydrogen-bond acceptors (Lipinski definition) is 3. The predicted molar refractivity (Wildman–Crippen MR) is 103 cm³/mol. The molecule has 25 heavy (non-hydrogen) atoms. The third kappa shape index (κ3) is 5.33. The van der Waals surface area contributed by atoms with Crippen LogP contribution in [0, 0.1) is 13.8 Å². The number of carbonyl (C=O) groups is 1. The van der Waals surface area contributed by atoms with E-state index in [9.17, 15) is 4.79 Å². The van der Waals surface area contributed by atoms with Gasteiger partial charge in [0.25, 0.3) is 0 Å². The minimum atomic E-state index is -0.336. The first kappa shape index (κ1) is 19.0. The Morgan fingerprint density at radius 1 is 1.20 bits per heavy atom. The Bertz CT molecular complexity index is 770. The van der Waals surface area contributed by atoms with Gasteiger partial charge in [-0.05, 0) is 61.7 Å². The molecule has 0 aliphatic rings. The van der Waals surface area contributed by atoms with Gasteiger partial charge in [0.1, 0.15) is 6.61 Å². The molecule has 2 aromatic carbocycles. The van der Waals surface area contributed by atoms with E-state index in [0.29, 0.717) is 10.6 Å². The lowest BCUT2D eigenvalue weighted by atomic mass is 10.0. The van der Waals surface area contributed by atoms with Crippen molar-refractivity contribution >= 4 is 29.6 Å². The summed E-state index contributed by atoms with van der Waals surface area (Å²) in [7, 11) is 1.97. The van der Waals surface area contributed by atoms with Gasteiger partial charge in [0.15, 0.2) is 0 Å². The zero-order chi connectivity index (χ0) is 18.4. The highest BCUT2D eigenvalue weighted by Gasteiger charge is 2.13. The Kier molecular flexibility index (Phi) is 6.59. The molecule has 0 heterocycles. The molecule has 0 bridgehead atoms. The molecule has 0 fully saturated rings. The largest absolute Gasteiger partial charge is 0.457 e. The predicted octanol–water partition coefficient (Wildman–Crippen LogP) is 4.93. The summed E-state index contributed by atoms with van der Waals surface area (Å²) in [4.78, 5) is 18.9. The second-order valence-corrected chi connectivity index (χ2v) is 6.41.